The largest absolute Gasteiger partial charge is 0.355 e. The van der Waals surface area contributed by atoms with Crippen LogP contribution in [0.15, 0.2) is 24.5 Å². The quantitative estimate of drug-likeness (QED) is 0.854. The van der Waals surface area contributed by atoms with Gasteiger partial charge in [-0.25, -0.2) is 15.0 Å². The molecule has 0 unspecified atom stereocenters. The highest BCUT2D eigenvalue weighted by molar-refractivity contribution is 6.30. The summed E-state index contributed by atoms with van der Waals surface area (Å²) in [4.78, 5) is 17.4. The second-order valence-corrected chi connectivity index (χ2v) is 6.40. The van der Waals surface area contributed by atoms with Crippen LogP contribution in [-0.2, 0) is 0 Å². The van der Waals surface area contributed by atoms with E-state index in [9.17, 15) is 5.26 Å². The lowest BCUT2D eigenvalue weighted by molar-refractivity contribution is 0.475. The topological polar surface area (TPSA) is 68.9 Å². The number of hydrogen-bond acceptors (Lipinski definition) is 6. The number of piperidine rings is 1. The zero-order valence-corrected chi connectivity index (χ0v) is 14.5. The molecule has 3 rings (SSSR count). The fourth-order valence-electron chi connectivity index (χ4n) is 2.99. The molecule has 0 amide bonds. The third kappa shape index (κ3) is 3.41. The number of hydrogen-bond donors (Lipinski definition) is 0. The van der Waals surface area contributed by atoms with Crippen molar-refractivity contribution in [1.29, 1.82) is 5.26 Å². The van der Waals surface area contributed by atoms with E-state index >= 15 is 0 Å². The first-order valence-electron chi connectivity index (χ1n) is 7.91. The molecule has 1 saturated heterocycles. The zero-order valence-electron chi connectivity index (χ0n) is 13.8. The predicted molar refractivity (Wildman–Crippen MR) is 94.4 cm³/mol. The van der Waals surface area contributed by atoms with Gasteiger partial charge in [0.15, 0.2) is 0 Å². The first kappa shape index (κ1) is 16.5. The Morgan fingerprint density at radius 2 is 1.92 bits per heavy atom. The van der Waals surface area contributed by atoms with Crippen LogP contribution in [0.25, 0.3) is 0 Å². The number of rotatable bonds is 3. The van der Waals surface area contributed by atoms with Crippen LogP contribution in [0.2, 0.25) is 5.02 Å². The van der Waals surface area contributed by atoms with Gasteiger partial charge in [0, 0.05) is 31.9 Å². The van der Waals surface area contributed by atoms with Crippen LogP contribution < -0.4 is 9.80 Å². The number of halogens is 1. The van der Waals surface area contributed by atoms with E-state index < -0.39 is 0 Å². The molecule has 0 aromatic carbocycles. The van der Waals surface area contributed by atoms with Crippen LogP contribution in [0.1, 0.15) is 24.1 Å². The van der Waals surface area contributed by atoms with E-state index in [-0.39, 0.29) is 0 Å². The lowest BCUT2D eigenvalue weighted by Crippen LogP contribution is -2.44. The van der Waals surface area contributed by atoms with Crippen molar-refractivity contribution >= 4 is 23.4 Å². The molecule has 1 aliphatic rings. The second kappa shape index (κ2) is 7.02. The van der Waals surface area contributed by atoms with Gasteiger partial charge >= 0.3 is 0 Å². The third-order valence-corrected chi connectivity index (χ3v) is 4.56. The van der Waals surface area contributed by atoms with Gasteiger partial charge in [0.2, 0.25) is 5.95 Å². The summed E-state index contributed by atoms with van der Waals surface area (Å²) in [6.07, 6.45) is 5.16. The molecule has 0 aliphatic carbocycles. The highest BCUT2D eigenvalue weighted by atomic mass is 35.5. The summed E-state index contributed by atoms with van der Waals surface area (Å²) in [5, 5.41) is 9.84. The van der Waals surface area contributed by atoms with Crippen LogP contribution in [0, 0.1) is 18.3 Å². The number of aromatic nitrogens is 3. The second-order valence-electron chi connectivity index (χ2n) is 5.97. The Labute approximate surface area is 146 Å². The minimum absolute atomic E-state index is 0.359. The van der Waals surface area contributed by atoms with Gasteiger partial charge in [-0.3, -0.25) is 0 Å². The van der Waals surface area contributed by atoms with Crippen LogP contribution in [0.3, 0.4) is 0 Å². The Balaban J connectivity index is 1.69. The van der Waals surface area contributed by atoms with Gasteiger partial charge in [-0.1, -0.05) is 11.6 Å². The lowest BCUT2D eigenvalue weighted by Gasteiger charge is -2.37. The van der Waals surface area contributed by atoms with Crippen molar-refractivity contribution in [3.05, 3.63) is 40.8 Å². The molecule has 0 radical (unpaired) electrons. The minimum atomic E-state index is 0.359. The minimum Gasteiger partial charge on any atom is -0.355 e. The molecule has 0 saturated carbocycles. The summed E-state index contributed by atoms with van der Waals surface area (Å²) in [7, 11) is 2.01. The van der Waals surface area contributed by atoms with Gasteiger partial charge in [0.05, 0.1) is 23.0 Å². The van der Waals surface area contributed by atoms with E-state index in [1.165, 1.54) is 0 Å². The normalized spacial score (nSPS) is 15.2. The SMILES string of the molecule is Cc1ccc(C#N)c(N2CCC(N(C)c3ncc(Cl)cn3)CC2)n1. The van der Waals surface area contributed by atoms with Crippen LogP contribution >= 0.6 is 11.6 Å². The van der Waals surface area contributed by atoms with E-state index in [0.717, 1.165) is 37.4 Å². The van der Waals surface area contributed by atoms with Crippen molar-refractivity contribution in [1.82, 2.24) is 15.0 Å². The maximum Gasteiger partial charge on any atom is 0.225 e. The van der Waals surface area contributed by atoms with E-state index in [1.807, 2.05) is 26.1 Å². The lowest BCUT2D eigenvalue weighted by atomic mass is 10.0. The average Bonchev–Trinajstić information content (AvgIpc) is 2.62. The highest BCUT2D eigenvalue weighted by Gasteiger charge is 2.25. The fraction of sp³-hybridized carbons (Fsp3) is 0.412. The van der Waals surface area contributed by atoms with Gasteiger partial charge in [0.25, 0.3) is 0 Å². The predicted octanol–water partition coefficient (Wildman–Crippen LogP) is 2.81. The van der Waals surface area contributed by atoms with Crippen LogP contribution in [0.5, 0.6) is 0 Å². The maximum atomic E-state index is 9.30. The Kier molecular flexibility index (Phi) is 4.81. The number of anilines is 2. The molecule has 2 aromatic rings. The molecular formula is C17H19ClN6. The molecule has 1 aliphatic heterocycles. The summed E-state index contributed by atoms with van der Waals surface area (Å²) in [6.45, 7) is 3.66. The maximum absolute atomic E-state index is 9.30. The fourth-order valence-corrected chi connectivity index (χ4v) is 3.08. The summed E-state index contributed by atoms with van der Waals surface area (Å²) >= 11 is 5.85. The molecule has 0 bridgehead atoms. The molecule has 1 fully saturated rings. The number of pyridine rings is 1. The molecule has 0 spiro atoms. The monoisotopic (exact) mass is 342 g/mol. The molecule has 124 valence electrons. The molecular weight excluding hydrogens is 324 g/mol. The van der Waals surface area contributed by atoms with Crippen molar-refractivity contribution < 1.29 is 0 Å². The van der Waals surface area contributed by atoms with Gasteiger partial charge < -0.3 is 9.80 Å². The molecule has 0 N–H and O–H groups in total. The van der Waals surface area contributed by atoms with Gasteiger partial charge in [-0.15, -0.1) is 0 Å². The van der Waals surface area contributed by atoms with Crippen molar-refractivity contribution in [3.8, 4) is 6.07 Å². The van der Waals surface area contributed by atoms with E-state index in [4.69, 9.17) is 11.6 Å². The molecule has 0 atom stereocenters. The van der Waals surface area contributed by atoms with Crippen LogP contribution in [-0.4, -0.2) is 41.1 Å². The smallest absolute Gasteiger partial charge is 0.225 e. The first-order valence-corrected chi connectivity index (χ1v) is 8.29. The third-order valence-electron chi connectivity index (χ3n) is 4.37. The Morgan fingerprint density at radius 1 is 1.25 bits per heavy atom. The summed E-state index contributed by atoms with van der Waals surface area (Å²) < 4.78 is 0. The summed E-state index contributed by atoms with van der Waals surface area (Å²) in [5.41, 5.74) is 1.56. The van der Waals surface area contributed by atoms with Gasteiger partial charge in [0.1, 0.15) is 11.9 Å². The molecule has 3 heterocycles. The van der Waals surface area contributed by atoms with Crippen molar-refractivity contribution in [2.75, 3.05) is 29.9 Å². The summed E-state index contributed by atoms with van der Waals surface area (Å²) in [6, 6.07) is 6.32. The van der Waals surface area contributed by atoms with Crippen molar-refractivity contribution in [2.24, 2.45) is 0 Å². The van der Waals surface area contributed by atoms with Crippen LogP contribution in [0.4, 0.5) is 11.8 Å². The van der Waals surface area contributed by atoms with E-state index in [2.05, 4.69) is 30.8 Å². The van der Waals surface area contributed by atoms with Gasteiger partial charge in [-0.2, -0.15) is 5.26 Å². The van der Waals surface area contributed by atoms with E-state index in [0.29, 0.717) is 22.6 Å². The number of nitrogens with zero attached hydrogens (tertiary/aromatic N) is 6. The molecule has 7 heteroatoms. The Hall–Kier alpha value is -2.39. The van der Waals surface area contributed by atoms with Gasteiger partial charge in [-0.05, 0) is 31.9 Å². The molecule has 24 heavy (non-hydrogen) atoms. The summed E-state index contributed by atoms with van der Waals surface area (Å²) in [5.74, 6) is 1.48. The van der Waals surface area contributed by atoms with E-state index in [1.54, 1.807) is 12.4 Å². The molecule has 2 aromatic heterocycles. The first-order chi connectivity index (χ1) is 11.6. The van der Waals surface area contributed by atoms with Crippen molar-refractivity contribution in [3.63, 3.8) is 0 Å². The number of aryl methyl sites for hydroxylation is 1. The molecule has 6 nitrogen and oxygen atoms in total. The average molecular weight is 343 g/mol. The Morgan fingerprint density at radius 3 is 2.54 bits per heavy atom. The zero-order chi connectivity index (χ0) is 17.1. The van der Waals surface area contributed by atoms with Crippen molar-refractivity contribution in [2.45, 2.75) is 25.8 Å². The standard InChI is InChI=1S/C17H19ClN6/c1-12-3-4-13(9-19)16(22-12)24-7-5-15(6-8-24)23(2)17-20-10-14(18)11-21-17/h3-4,10-11,15H,5-8H2,1-2H3. The number of nitriles is 1. The highest BCUT2D eigenvalue weighted by Crippen LogP contribution is 2.25. The Bertz CT molecular complexity index is 747.